The van der Waals surface area contributed by atoms with Crippen LogP contribution in [0.2, 0.25) is 15.1 Å². The molecule has 17 heavy (non-hydrogen) atoms. The number of halogens is 3. The molecule has 1 rings (SSSR count). The van der Waals surface area contributed by atoms with Gasteiger partial charge in [-0.25, -0.2) is 4.98 Å². The molecule has 7 heteroatoms. The van der Waals surface area contributed by atoms with Gasteiger partial charge in [0.15, 0.2) is 0 Å². The maximum absolute atomic E-state index is 11.7. The number of amides is 1. The maximum Gasteiger partial charge on any atom is 0.271 e. The predicted molar refractivity (Wildman–Crippen MR) is 67.9 cm³/mol. The summed E-state index contributed by atoms with van der Waals surface area (Å²) < 4.78 is 0. The Balaban J connectivity index is 2.80. The Hall–Kier alpha value is -0.550. The average molecular weight is 298 g/mol. The van der Waals surface area contributed by atoms with Crippen LogP contribution in [0.3, 0.4) is 0 Å². The number of hydrogen-bond donors (Lipinski definition) is 2. The van der Waals surface area contributed by atoms with E-state index in [1.165, 1.54) is 6.20 Å². The molecule has 0 aliphatic carbocycles. The molecular weight excluding hydrogens is 286 g/mol. The molecule has 94 valence electrons. The van der Waals surface area contributed by atoms with Crippen molar-refractivity contribution in [1.82, 2.24) is 10.3 Å². The topological polar surface area (TPSA) is 62.2 Å². The van der Waals surface area contributed by atoms with Gasteiger partial charge < -0.3 is 10.4 Å². The molecule has 0 saturated heterocycles. The van der Waals surface area contributed by atoms with Crippen LogP contribution in [-0.2, 0) is 0 Å². The summed E-state index contributed by atoms with van der Waals surface area (Å²) in [5.74, 6) is -0.491. The van der Waals surface area contributed by atoms with Crippen molar-refractivity contribution in [3.05, 3.63) is 27.0 Å². The van der Waals surface area contributed by atoms with Gasteiger partial charge in [-0.3, -0.25) is 4.79 Å². The number of aliphatic hydroxyl groups excluding tert-OH is 1. The summed E-state index contributed by atoms with van der Waals surface area (Å²) in [4.78, 5) is 15.5. The SMILES string of the molecule is CC(CO)CNC(=O)c1ncc(Cl)c(Cl)c1Cl. The highest BCUT2D eigenvalue weighted by atomic mass is 35.5. The number of rotatable bonds is 4. The first kappa shape index (κ1) is 14.5. The standard InChI is InChI=1S/C10H11Cl3N2O2/c1-5(4-16)2-15-10(17)9-8(13)7(12)6(11)3-14-9/h3,5,16H,2,4H2,1H3,(H,15,17). The van der Waals surface area contributed by atoms with Crippen LogP contribution in [0.25, 0.3) is 0 Å². The molecule has 1 heterocycles. The van der Waals surface area contributed by atoms with Gasteiger partial charge in [-0.1, -0.05) is 41.7 Å². The molecule has 1 unspecified atom stereocenters. The molecule has 0 bridgehead atoms. The number of aromatic nitrogens is 1. The highest BCUT2D eigenvalue weighted by Crippen LogP contribution is 2.30. The fourth-order valence-electron chi connectivity index (χ4n) is 1.02. The first-order valence-electron chi connectivity index (χ1n) is 4.86. The third kappa shape index (κ3) is 3.71. The fourth-order valence-corrected chi connectivity index (χ4v) is 1.58. The van der Waals surface area contributed by atoms with Crippen molar-refractivity contribution < 1.29 is 9.90 Å². The van der Waals surface area contributed by atoms with Crippen molar-refractivity contribution in [3.63, 3.8) is 0 Å². The van der Waals surface area contributed by atoms with Gasteiger partial charge in [0.25, 0.3) is 5.91 Å². The smallest absolute Gasteiger partial charge is 0.271 e. The third-order valence-electron chi connectivity index (χ3n) is 2.06. The Kier molecular flexibility index (Phi) is 5.46. The van der Waals surface area contributed by atoms with Crippen LogP contribution in [0.4, 0.5) is 0 Å². The normalized spacial score (nSPS) is 12.3. The number of nitrogens with zero attached hydrogens (tertiary/aromatic N) is 1. The molecule has 1 aromatic rings. The van der Waals surface area contributed by atoms with Crippen LogP contribution in [0.5, 0.6) is 0 Å². The van der Waals surface area contributed by atoms with Crippen LogP contribution >= 0.6 is 34.8 Å². The zero-order chi connectivity index (χ0) is 13.0. The lowest BCUT2D eigenvalue weighted by Gasteiger charge is -2.10. The van der Waals surface area contributed by atoms with Crippen molar-refractivity contribution in [2.75, 3.05) is 13.2 Å². The van der Waals surface area contributed by atoms with Gasteiger partial charge in [0.1, 0.15) is 5.69 Å². The molecule has 0 aliphatic heterocycles. The zero-order valence-corrected chi connectivity index (χ0v) is 11.3. The van der Waals surface area contributed by atoms with E-state index in [4.69, 9.17) is 39.9 Å². The molecule has 0 saturated carbocycles. The van der Waals surface area contributed by atoms with Gasteiger partial charge in [-0.05, 0) is 5.92 Å². The zero-order valence-electron chi connectivity index (χ0n) is 9.01. The van der Waals surface area contributed by atoms with Gasteiger partial charge in [0, 0.05) is 19.3 Å². The lowest BCUT2D eigenvalue weighted by Crippen LogP contribution is -2.30. The van der Waals surface area contributed by atoms with Crippen molar-refractivity contribution in [2.45, 2.75) is 6.92 Å². The molecule has 0 radical (unpaired) electrons. The van der Waals surface area contributed by atoms with E-state index >= 15 is 0 Å². The van der Waals surface area contributed by atoms with E-state index in [0.717, 1.165) is 0 Å². The molecule has 1 amide bonds. The fraction of sp³-hybridized carbons (Fsp3) is 0.400. The summed E-state index contributed by atoms with van der Waals surface area (Å²) in [5.41, 5.74) is 0.0196. The van der Waals surface area contributed by atoms with E-state index in [2.05, 4.69) is 10.3 Å². The predicted octanol–water partition coefficient (Wildman–Crippen LogP) is 2.40. The quantitative estimate of drug-likeness (QED) is 0.897. The summed E-state index contributed by atoms with van der Waals surface area (Å²) >= 11 is 17.3. The Bertz CT molecular complexity index is 426. The van der Waals surface area contributed by atoms with Crippen molar-refractivity contribution in [3.8, 4) is 0 Å². The van der Waals surface area contributed by atoms with Gasteiger partial charge in [0.2, 0.25) is 0 Å². The monoisotopic (exact) mass is 296 g/mol. The van der Waals surface area contributed by atoms with E-state index in [1.54, 1.807) is 6.92 Å². The lowest BCUT2D eigenvalue weighted by molar-refractivity contribution is 0.0937. The minimum absolute atomic E-state index is 0.0111. The Morgan fingerprint density at radius 3 is 2.71 bits per heavy atom. The maximum atomic E-state index is 11.7. The summed E-state index contributed by atoms with van der Waals surface area (Å²) in [5, 5.41) is 11.7. The van der Waals surface area contributed by atoms with Crippen molar-refractivity contribution >= 4 is 40.7 Å². The third-order valence-corrected chi connectivity index (χ3v) is 3.30. The average Bonchev–Trinajstić information content (AvgIpc) is 2.32. The molecule has 1 atom stereocenters. The molecule has 1 aromatic heterocycles. The molecule has 0 fully saturated rings. The van der Waals surface area contributed by atoms with Gasteiger partial charge >= 0.3 is 0 Å². The molecular formula is C10H11Cl3N2O2. The van der Waals surface area contributed by atoms with Crippen LogP contribution in [0.1, 0.15) is 17.4 Å². The van der Waals surface area contributed by atoms with Gasteiger partial charge in [-0.2, -0.15) is 0 Å². The highest BCUT2D eigenvalue weighted by molar-refractivity contribution is 6.48. The molecule has 4 nitrogen and oxygen atoms in total. The number of carbonyl (C=O) groups excluding carboxylic acids is 1. The van der Waals surface area contributed by atoms with Crippen molar-refractivity contribution in [1.29, 1.82) is 0 Å². The summed E-state index contributed by atoms with van der Waals surface area (Å²) in [6.07, 6.45) is 1.26. The molecule has 0 aromatic carbocycles. The second-order valence-corrected chi connectivity index (χ2v) is 4.74. The van der Waals surface area contributed by atoms with E-state index < -0.39 is 5.91 Å². The van der Waals surface area contributed by atoms with Crippen molar-refractivity contribution in [2.24, 2.45) is 5.92 Å². The summed E-state index contributed by atoms with van der Waals surface area (Å²) in [6, 6.07) is 0. The van der Waals surface area contributed by atoms with Crippen LogP contribution in [-0.4, -0.2) is 29.1 Å². The van der Waals surface area contributed by atoms with Gasteiger partial charge in [-0.15, -0.1) is 0 Å². The molecule has 0 aliphatic rings. The Morgan fingerprint density at radius 2 is 2.12 bits per heavy atom. The highest BCUT2D eigenvalue weighted by Gasteiger charge is 2.17. The Morgan fingerprint density at radius 1 is 1.47 bits per heavy atom. The number of pyridine rings is 1. The molecule has 0 spiro atoms. The molecule has 2 N–H and O–H groups in total. The second-order valence-electron chi connectivity index (χ2n) is 3.58. The van der Waals surface area contributed by atoms with E-state index in [1.807, 2.05) is 0 Å². The van der Waals surface area contributed by atoms with E-state index in [9.17, 15) is 4.79 Å². The summed E-state index contributed by atoms with van der Waals surface area (Å²) in [6.45, 7) is 2.11. The van der Waals surface area contributed by atoms with Crippen LogP contribution in [0, 0.1) is 5.92 Å². The first-order valence-corrected chi connectivity index (χ1v) is 5.99. The second kappa shape index (κ2) is 6.40. The number of hydrogen-bond acceptors (Lipinski definition) is 3. The number of nitrogens with one attached hydrogen (secondary N) is 1. The summed E-state index contributed by atoms with van der Waals surface area (Å²) in [7, 11) is 0. The van der Waals surface area contributed by atoms with Gasteiger partial charge in [0.05, 0.1) is 15.1 Å². The van der Waals surface area contributed by atoms with Crippen LogP contribution < -0.4 is 5.32 Å². The van der Waals surface area contributed by atoms with E-state index in [-0.39, 0.29) is 33.3 Å². The van der Waals surface area contributed by atoms with Crippen LogP contribution in [0.15, 0.2) is 6.20 Å². The number of carbonyl (C=O) groups is 1. The minimum Gasteiger partial charge on any atom is -0.396 e. The van der Waals surface area contributed by atoms with E-state index in [0.29, 0.717) is 6.54 Å². The first-order chi connectivity index (χ1) is 7.97. The number of aliphatic hydroxyl groups is 1. The minimum atomic E-state index is -0.450. The lowest BCUT2D eigenvalue weighted by atomic mass is 10.2. The largest absolute Gasteiger partial charge is 0.396 e. The Labute approximate surface area is 114 Å².